The van der Waals surface area contributed by atoms with E-state index >= 15 is 0 Å². The van der Waals surface area contributed by atoms with Crippen LogP contribution >= 0.6 is 0 Å². The molecular weight excluding hydrogens is 200 g/mol. The monoisotopic (exact) mass is 224 g/mol. The highest BCUT2D eigenvalue weighted by Crippen LogP contribution is 2.18. The molecule has 0 bridgehead atoms. The number of carbonyl (C=O) groups excluding carboxylic acids is 1. The predicted octanol–water partition coefficient (Wildman–Crippen LogP) is 1.99. The fourth-order valence-corrected chi connectivity index (χ4v) is 1.56. The summed E-state index contributed by atoms with van der Waals surface area (Å²) in [6, 6.07) is 0.407. The standard InChI is InChI=1S/C13H24N2O/c1-3-4-5-6-7-10-14-11(2)13(16)15-12-8-9-12/h3,11-12,14H,1,4-10H2,2H3,(H,15,16). The van der Waals surface area contributed by atoms with Crippen molar-refractivity contribution in [2.75, 3.05) is 6.54 Å². The molecular formula is C13H24N2O. The van der Waals surface area contributed by atoms with Crippen LogP contribution in [0.4, 0.5) is 0 Å². The Morgan fingerprint density at radius 2 is 2.19 bits per heavy atom. The molecule has 1 aliphatic carbocycles. The zero-order valence-electron chi connectivity index (χ0n) is 10.3. The van der Waals surface area contributed by atoms with Crippen LogP contribution in [-0.4, -0.2) is 24.5 Å². The summed E-state index contributed by atoms with van der Waals surface area (Å²) in [5, 5.41) is 6.25. The highest BCUT2D eigenvalue weighted by atomic mass is 16.2. The van der Waals surface area contributed by atoms with Crippen molar-refractivity contribution in [3.63, 3.8) is 0 Å². The topological polar surface area (TPSA) is 41.1 Å². The molecule has 1 amide bonds. The number of nitrogens with one attached hydrogen (secondary N) is 2. The Hall–Kier alpha value is -0.830. The minimum absolute atomic E-state index is 0.0556. The molecule has 0 aromatic heterocycles. The zero-order valence-corrected chi connectivity index (χ0v) is 10.3. The van der Waals surface area contributed by atoms with Crippen LogP contribution in [0, 0.1) is 0 Å². The molecule has 2 N–H and O–H groups in total. The van der Waals surface area contributed by atoms with Gasteiger partial charge in [-0.2, -0.15) is 0 Å². The van der Waals surface area contributed by atoms with Crippen LogP contribution in [0.15, 0.2) is 12.7 Å². The lowest BCUT2D eigenvalue weighted by Gasteiger charge is -2.13. The summed E-state index contributed by atoms with van der Waals surface area (Å²) in [5.74, 6) is 0.147. The molecule has 1 atom stereocenters. The minimum atomic E-state index is -0.0556. The Balaban J connectivity index is 1.93. The van der Waals surface area contributed by atoms with Crippen molar-refractivity contribution in [2.45, 2.75) is 57.5 Å². The summed E-state index contributed by atoms with van der Waals surface area (Å²) < 4.78 is 0. The summed E-state index contributed by atoms with van der Waals surface area (Å²) in [6.45, 7) is 6.55. The molecule has 3 heteroatoms. The van der Waals surface area contributed by atoms with Gasteiger partial charge in [0.25, 0.3) is 0 Å². The van der Waals surface area contributed by atoms with Crippen LogP contribution in [0.5, 0.6) is 0 Å². The lowest BCUT2D eigenvalue weighted by Crippen LogP contribution is -2.43. The molecule has 0 heterocycles. The van der Waals surface area contributed by atoms with Crippen molar-refractivity contribution < 1.29 is 4.79 Å². The quantitative estimate of drug-likeness (QED) is 0.464. The molecule has 0 aliphatic heterocycles. The first-order valence-corrected chi connectivity index (χ1v) is 6.38. The predicted molar refractivity (Wildman–Crippen MR) is 67.3 cm³/mol. The molecule has 16 heavy (non-hydrogen) atoms. The second kappa shape index (κ2) is 7.44. The van der Waals surface area contributed by atoms with E-state index in [1.165, 1.54) is 12.8 Å². The Bertz CT molecular complexity index is 224. The van der Waals surface area contributed by atoms with E-state index in [1.54, 1.807) is 0 Å². The van der Waals surface area contributed by atoms with E-state index in [2.05, 4.69) is 17.2 Å². The van der Waals surface area contributed by atoms with Crippen LogP contribution in [0.25, 0.3) is 0 Å². The van der Waals surface area contributed by atoms with Gasteiger partial charge >= 0.3 is 0 Å². The maximum atomic E-state index is 11.6. The Labute approximate surface area is 98.7 Å². The van der Waals surface area contributed by atoms with Gasteiger partial charge in [0, 0.05) is 6.04 Å². The van der Waals surface area contributed by atoms with E-state index in [4.69, 9.17) is 0 Å². The van der Waals surface area contributed by atoms with Gasteiger partial charge in [-0.25, -0.2) is 0 Å². The summed E-state index contributed by atoms with van der Waals surface area (Å²) in [5.41, 5.74) is 0. The average Bonchev–Trinajstić information content (AvgIpc) is 3.06. The molecule has 0 aromatic carbocycles. The molecule has 1 saturated carbocycles. The smallest absolute Gasteiger partial charge is 0.237 e. The van der Waals surface area contributed by atoms with Gasteiger partial charge in [0.2, 0.25) is 5.91 Å². The molecule has 3 nitrogen and oxygen atoms in total. The van der Waals surface area contributed by atoms with Gasteiger partial charge < -0.3 is 10.6 Å². The van der Waals surface area contributed by atoms with Crippen LogP contribution in [0.2, 0.25) is 0 Å². The number of amides is 1. The normalized spacial score (nSPS) is 16.8. The number of allylic oxidation sites excluding steroid dienone is 1. The third-order valence-electron chi connectivity index (χ3n) is 2.85. The van der Waals surface area contributed by atoms with Crippen molar-refractivity contribution in [3.05, 3.63) is 12.7 Å². The Kier molecular flexibility index (Phi) is 6.16. The van der Waals surface area contributed by atoms with Gasteiger partial charge in [0.1, 0.15) is 0 Å². The summed E-state index contributed by atoms with van der Waals surface area (Å²) >= 11 is 0. The van der Waals surface area contributed by atoms with E-state index in [0.29, 0.717) is 6.04 Å². The number of carbonyl (C=O) groups is 1. The van der Waals surface area contributed by atoms with Gasteiger partial charge in [0.05, 0.1) is 6.04 Å². The number of unbranched alkanes of at least 4 members (excludes halogenated alkanes) is 3. The molecule has 0 radical (unpaired) electrons. The second-order valence-electron chi connectivity index (χ2n) is 4.60. The first kappa shape index (κ1) is 13.2. The van der Waals surface area contributed by atoms with E-state index in [0.717, 1.165) is 32.2 Å². The van der Waals surface area contributed by atoms with Crippen molar-refractivity contribution in [1.29, 1.82) is 0 Å². The summed E-state index contributed by atoms with van der Waals surface area (Å²) in [7, 11) is 0. The van der Waals surface area contributed by atoms with Gasteiger partial charge in [-0.05, 0) is 45.6 Å². The highest BCUT2D eigenvalue weighted by Gasteiger charge is 2.25. The fraction of sp³-hybridized carbons (Fsp3) is 0.769. The van der Waals surface area contributed by atoms with Crippen LogP contribution in [-0.2, 0) is 4.79 Å². The van der Waals surface area contributed by atoms with Crippen molar-refractivity contribution in [1.82, 2.24) is 10.6 Å². The maximum absolute atomic E-state index is 11.6. The van der Waals surface area contributed by atoms with Gasteiger partial charge in [-0.3, -0.25) is 4.79 Å². The second-order valence-corrected chi connectivity index (χ2v) is 4.60. The lowest BCUT2D eigenvalue weighted by atomic mass is 10.2. The molecule has 1 fully saturated rings. The minimum Gasteiger partial charge on any atom is -0.352 e. The summed E-state index contributed by atoms with van der Waals surface area (Å²) in [6.07, 6.45) is 8.90. The highest BCUT2D eigenvalue weighted by molar-refractivity contribution is 5.81. The van der Waals surface area contributed by atoms with Gasteiger partial charge in [-0.15, -0.1) is 6.58 Å². The molecule has 1 aliphatic rings. The number of rotatable bonds is 9. The number of hydrogen-bond acceptors (Lipinski definition) is 2. The molecule has 1 unspecified atom stereocenters. The van der Waals surface area contributed by atoms with Crippen LogP contribution in [0.3, 0.4) is 0 Å². The Morgan fingerprint density at radius 1 is 1.44 bits per heavy atom. The number of hydrogen-bond donors (Lipinski definition) is 2. The molecule has 92 valence electrons. The van der Waals surface area contributed by atoms with E-state index in [9.17, 15) is 4.79 Å². The Morgan fingerprint density at radius 3 is 2.81 bits per heavy atom. The van der Waals surface area contributed by atoms with Crippen molar-refractivity contribution in [3.8, 4) is 0 Å². The SMILES string of the molecule is C=CCCCCCNC(C)C(=O)NC1CC1. The van der Waals surface area contributed by atoms with Gasteiger partial charge in [0.15, 0.2) is 0 Å². The van der Waals surface area contributed by atoms with E-state index in [1.807, 2.05) is 13.0 Å². The van der Waals surface area contributed by atoms with Gasteiger partial charge in [-0.1, -0.05) is 12.5 Å². The first-order valence-electron chi connectivity index (χ1n) is 6.38. The molecule has 0 saturated heterocycles. The maximum Gasteiger partial charge on any atom is 0.237 e. The summed E-state index contributed by atoms with van der Waals surface area (Å²) in [4.78, 5) is 11.6. The van der Waals surface area contributed by atoms with Crippen LogP contribution in [0.1, 0.15) is 45.4 Å². The average molecular weight is 224 g/mol. The van der Waals surface area contributed by atoms with Crippen molar-refractivity contribution in [2.24, 2.45) is 0 Å². The third-order valence-corrected chi connectivity index (χ3v) is 2.85. The van der Waals surface area contributed by atoms with Crippen molar-refractivity contribution >= 4 is 5.91 Å². The lowest BCUT2D eigenvalue weighted by molar-refractivity contribution is -0.122. The first-order chi connectivity index (χ1) is 7.74. The zero-order chi connectivity index (χ0) is 11.8. The largest absolute Gasteiger partial charge is 0.352 e. The van der Waals surface area contributed by atoms with Crippen LogP contribution < -0.4 is 10.6 Å². The third kappa shape index (κ3) is 5.91. The fourth-order valence-electron chi connectivity index (χ4n) is 1.56. The molecule has 1 rings (SSSR count). The molecule has 0 aromatic rings. The van der Waals surface area contributed by atoms with E-state index in [-0.39, 0.29) is 11.9 Å². The van der Waals surface area contributed by atoms with E-state index < -0.39 is 0 Å². The molecule has 0 spiro atoms.